The lowest BCUT2D eigenvalue weighted by molar-refractivity contribution is -0.142. The van der Waals surface area contributed by atoms with Gasteiger partial charge < -0.3 is 14.6 Å². The largest absolute Gasteiger partial charge is 0.378 e. The van der Waals surface area contributed by atoms with E-state index in [1.807, 2.05) is 0 Å². The van der Waals surface area contributed by atoms with E-state index < -0.39 is 0 Å². The second kappa shape index (κ2) is 7.17. The van der Waals surface area contributed by atoms with E-state index in [1.165, 1.54) is 16.2 Å². The van der Waals surface area contributed by atoms with Crippen molar-refractivity contribution in [1.29, 1.82) is 0 Å². The number of nitrogens with zero attached hydrogens (tertiary/aromatic N) is 2. The quantitative estimate of drug-likeness (QED) is 0.659. The van der Waals surface area contributed by atoms with Crippen LogP contribution in [-0.2, 0) is 24.5 Å². The van der Waals surface area contributed by atoms with Gasteiger partial charge in [-0.05, 0) is 24.2 Å². The Morgan fingerprint density at radius 3 is 2.53 bits per heavy atom. The highest BCUT2D eigenvalue weighted by atomic mass is 32.2. The molecule has 6 rings (SSSR count). The van der Waals surface area contributed by atoms with Crippen molar-refractivity contribution >= 4 is 40.8 Å². The number of likely N-dealkylation sites (tertiary alicyclic amines) is 1. The van der Waals surface area contributed by atoms with Gasteiger partial charge in [0.15, 0.2) is 0 Å². The molecule has 0 radical (unpaired) electrons. The van der Waals surface area contributed by atoms with Gasteiger partial charge >= 0.3 is 4.87 Å². The third-order valence-electron chi connectivity index (χ3n) is 8.40. The lowest BCUT2D eigenvalue weighted by Gasteiger charge is -2.47. The van der Waals surface area contributed by atoms with E-state index in [1.54, 1.807) is 16.7 Å². The normalized spacial score (nSPS) is 36.9. The van der Waals surface area contributed by atoms with Gasteiger partial charge in [-0.3, -0.25) is 24.1 Å². The second-order valence-corrected chi connectivity index (χ2v) is 12.4. The van der Waals surface area contributed by atoms with Crippen LogP contribution in [0, 0.1) is 29.6 Å². The fourth-order valence-corrected chi connectivity index (χ4v) is 10.3. The van der Waals surface area contributed by atoms with Crippen molar-refractivity contribution < 1.29 is 19.1 Å². The number of imide groups is 1. The summed E-state index contributed by atoms with van der Waals surface area (Å²) < 4.78 is 5.30. The average Bonchev–Trinajstić information content (AvgIpc) is 3.49. The summed E-state index contributed by atoms with van der Waals surface area (Å²) in [6.45, 7) is 6.75. The van der Waals surface area contributed by atoms with Crippen LogP contribution in [0.25, 0.3) is 0 Å². The predicted octanol–water partition coefficient (Wildman–Crippen LogP) is 1.30. The molecule has 2 bridgehead atoms. The Kier molecular flexibility index (Phi) is 4.69. The summed E-state index contributed by atoms with van der Waals surface area (Å²) in [5.41, 5.74) is -0.206. The lowest BCUT2D eigenvalue weighted by Crippen LogP contribution is -2.48. The number of carbonyl (C=O) groups is 3. The molecule has 3 aliphatic heterocycles. The highest BCUT2D eigenvalue weighted by Gasteiger charge is 2.70. The average molecular weight is 478 g/mol. The number of nitrogens with one attached hydrogen (secondary N) is 1. The van der Waals surface area contributed by atoms with Gasteiger partial charge in [0.25, 0.3) is 0 Å². The van der Waals surface area contributed by atoms with Crippen molar-refractivity contribution in [3.63, 3.8) is 0 Å². The second-order valence-electron chi connectivity index (χ2n) is 10.2. The van der Waals surface area contributed by atoms with Crippen LogP contribution in [0.15, 0.2) is 9.82 Å². The maximum absolute atomic E-state index is 13.4. The minimum atomic E-state index is -0.276. The maximum Gasteiger partial charge on any atom is 0.305 e. The van der Waals surface area contributed by atoms with Crippen molar-refractivity contribution in [3.05, 3.63) is 14.5 Å². The Bertz CT molecular complexity index is 1060. The molecule has 5 aliphatic rings. The monoisotopic (exact) mass is 477 g/mol. The molecule has 2 saturated heterocycles. The first kappa shape index (κ1) is 20.9. The molecule has 6 unspecified atom stereocenters. The van der Waals surface area contributed by atoms with Crippen LogP contribution in [0.5, 0.6) is 0 Å². The molecule has 1 aromatic heterocycles. The van der Waals surface area contributed by atoms with E-state index in [9.17, 15) is 19.2 Å². The molecular formula is C22H27N3O5S2. The minimum Gasteiger partial charge on any atom is -0.378 e. The summed E-state index contributed by atoms with van der Waals surface area (Å²) in [5.74, 6) is -0.186. The first-order chi connectivity index (χ1) is 15.3. The molecule has 4 fully saturated rings. The fourth-order valence-electron chi connectivity index (χ4n) is 7.11. The number of ether oxygens (including phenoxy) is 1. The van der Waals surface area contributed by atoms with Crippen molar-refractivity contribution in [2.45, 2.75) is 42.4 Å². The van der Waals surface area contributed by atoms with Crippen LogP contribution in [0.1, 0.15) is 31.6 Å². The van der Waals surface area contributed by atoms with E-state index in [4.69, 9.17) is 4.74 Å². The third-order valence-corrected chi connectivity index (χ3v) is 11.2. The Balaban J connectivity index is 1.23. The number of rotatable bonds is 3. The zero-order chi connectivity index (χ0) is 22.4. The Labute approximate surface area is 194 Å². The number of hydrogen-bond acceptors (Lipinski definition) is 7. The van der Waals surface area contributed by atoms with Gasteiger partial charge in [-0.2, -0.15) is 0 Å². The van der Waals surface area contributed by atoms with Crippen molar-refractivity contribution in [2.75, 3.05) is 32.8 Å². The van der Waals surface area contributed by atoms with Crippen molar-refractivity contribution in [1.82, 2.24) is 14.8 Å². The van der Waals surface area contributed by atoms with E-state index in [0.717, 1.165) is 16.3 Å². The third kappa shape index (κ3) is 2.78. The van der Waals surface area contributed by atoms with Crippen LogP contribution in [0.2, 0.25) is 0 Å². The molecule has 8 nitrogen and oxygen atoms in total. The van der Waals surface area contributed by atoms with Crippen LogP contribution in [0.3, 0.4) is 0 Å². The number of H-pyrrole nitrogens is 1. The summed E-state index contributed by atoms with van der Waals surface area (Å²) in [6, 6.07) is 0. The van der Waals surface area contributed by atoms with Crippen molar-refractivity contribution in [2.24, 2.45) is 29.6 Å². The molecular weight excluding hydrogens is 450 g/mol. The lowest BCUT2D eigenvalue weighted by atomic mass is 9.64. The molecule has 2 aliphatic carbocycles. The van der Waals surface area contributed by atoms with E-state index in [-0.39, 0.29) is 75.8 Å². The van der Waals surface area contributed by atoms with Gasteiger partial charge in [-0.15, -0.1) is 11.8 Å². The Morgan fingerprint density at radius 2 is 1.81 bits per heavy atom. The number of hydrogen-bond donors (Lipinski definition) is 1. The molecule has 4 heterocycles. The van der Waals surface area contributed by atoms with Gasteiger partial charge in [-0.25, -0.2) is 0 Å². The van der Waals surface area contributed by atoms with Gasteiger partial charge in [-0.1, -0.05) is 25.2 Å². The molecule has 0 aromatic carbocycles. The van der Waals surface area contributed by atoms with Crippen molar-refractivity contribution in [3.8, 4) is 0 Å². The molecule has 1 N–H and O–H groups in total. The van der Waals surface area contributed by atoms with E-state index >= 15 is 0 Å². The zero-order valence-corrected chi connectivity index (χ0v) is 19.8. The van der Waals surface area contributed by atoms with Crippen LogP contribution in [-0.4, -0.2) is 70.6 Å². The predicted molar refractivity (Wildman–Crippen MR) is 118 cm³/mol. The smallest absolute Gasteiger partial charge is 0.305 e. The van der Waals surface area contributed by atoms with Gasteiger partial charge in [0.2, 0.25) is 17.7 Å². The summed E-state index contributed by atoms with van der Waals surface area (Å²) in [6.07, 6.45) is 1.08. The molecule has 172 valence electrons. The molecule has 2 saturated carbocycles. The molecule has 10 heteroatoms. The number of aromatic amines is 1. The number of thioether (sulfide) groups is 1. The van der Waals surface area contributed by atoms with Gasteiger partial charge in [0, 0.05) is 41.6 Å². The standard InChI is InChI=1S/C22H27N3O5S2/c1-22(2)15-10-9-11(16(15)31-18-17(22)32-21(29)23-18)14-13(10)19(27)25(20(14)28)4-3-12(26)24-5-7-30-8-6-24/h10-11,13-16H,3-9H2,1-2H3,(H,23,29). The number of thiazole rings is 1. The fraction of sp³-hybridized carbons (Fsp3) is 0.727. The topological polar surface area (TPSA) is 99.8 Å². The number of morpholine rings is 1. The Morgan fingerprint density at radius 1 is 1.12 bits per heavy atom. The molecule has 3 amide bonds. The summed E-state index contributed by atoms with van der Waals surface area (Å²) in [4.78, 5) is 58.5. The SMILES string of the molecule is CC1(C)c2sc(=O)[nH]c2SC2C3CC(C4C(=O)N(CCC(=O)N5CCOCC5)C(=O)C34)C21. The molecule has 32 heavy (non-hydrogen) atoms. The summed E-state index contributed by atoms with van der Waals surface area (Å²) in [5, 5.41) is 1.18. The molecule has 0 spiro atoms. The highest BCUT2D eigenvalue weighted by Crippen LogP contribution is 2.68. The van der Waals surface area contributed by atoms with Crippen LogP contribution in [0.4, 0.5) is 0 Å². The zero-order valence-electron chi connectivity index (χ0n) is 18.2. The van der Waals surface area contributed by atoms with Crippen LogP contribution >= 0.6 is 23.1 Å². The number of fused-ring (bicyclic) bond motifs is 9. The summed E-state index contributed by atoms with van der Waals surface area (Å²) >= 11 is 2.98. The highest BCUT2D eigenvalue weighted by molar-refractivity contribution is 8.00. The number of carbonyl (C=O) groups excluding carboxylic acids is 3. The van der Waals surface area contributed by atoms with E-state index in [0.29, 0.717) is 26.3 Å². The van der Waals surface area contributed by atoms with Crippen LogP contribution < -0.4 is 4.87 Å². The number of amides is 3. The van der Waals surface area contributed by atoms with Gasteiger partial charge in [0.1, 0.15) is 0 Å². The number of aromatic nitrogens is 1. The first-order valence-corrected chi connectivity index (χ1v) is 13.1. The first-order valence-electron chi connectivity index (χ1n) is 11.4. The van der Waals surface area contributed by atoms with Gasteiger partial charge in [0.05, 0.1) is 30.1 Å². The Hall–Kier alpha value is -1.65. The van der Waals surface area contributed by atoms with E-state index in [2.05, 4.69) is 18.8 Å². The molecule has 6 atom stereocenters. The maximum atomic E-state index is 13.4. The minimum absolute atomic E-state index is 0.0207. The summed E-state index contributed by atoms with van der Waals surface area (Å²) in [7, 11) is 0. The molecule has 1 aromatic rings.